The van der Waals surface area contributed by atoms with E-state index in [2.05, 4.69) is 9.72 Å². The molecule has 0 saturated carbocycles. The van der Waals surface area contributed by atoms with E-state index >= 15 is 0 Å². The molecule has 142 valence electrons. The Labute approximate surface area is 152 Å². The molecule has 0 N–H and O–H groups in total. The van der Waals surface area contributed by atoms with Crippen LogP contribution in [-0.2, 0) is 25.8 Å². The van der Waals surface area contributed by atoms with Gasteiger partial charge in [0.25, 0.3) is 0 Å². The average molecular weight is 407 g/mol. The second-order valence-electron chi connectivity index (χ2n) is 5.44. The molecule has 5 nitrogen and oxygen atoms in total. The third-order valence-corrected chi connectivity index (χ3v) is 6.12. The Balaban J connectivity index is 2.07. The summed E-state index contributed by atoms with van der Waals surface area (Å²) in [6.45, 7) is 0. The van der Waals surface area contributed by atoms with E-state index in [0.29, 0.717) is 16.3 Å². The van der Waals surface area contributed by atoms with Crippen LogP contribution in [-0.4, -0.2) is 38.4 Å². The first-order valence-electron chi connectivity index (χ1n) is 7.52. The molecule has 0 bridgehead atoms. The van der Waals surface area contributed by atoms with Crippen LogP contribution in [0.25, 0.3) is 11.3 Å². The molecule has 0 spiro atoms. The topological polar surface area (TPSA) is 73.3 Å². The highest BCUT2D eigenvalue weighted by Gasteiger charge is 2.27. The summed E-state index contributed by atoms with van der Waals surface area (Å²) in [5, 5.41) is 2.29. The maximum absolute atomic E-state index is 12.1. The van der Waals surface area contributed by atoms with Crippen molar-refractivity contribution in [2.24, 2.45) is 0 Å². The van der Waals surface area contributed by atoms with Crippen molar-refractivity contribution in [1.29, 1.82) is 0 Å². The number of aromatic nitrogens is 1. The molecule has 0 atom stereocenters. The quantitative estimate of drug-likeness (QED) is 0.655. The number of halogens is 3. The number of methoxy groups -OCH3 is 1. The first-order valence-corrected chi connectivity index (χ1v) is 10.0. The van der Waals surface area contributed by atoms with Gasteiger partial charge in [0, 0.05) is 17.4 Å². The Kier molecular flexibility index (Phi) is 6.40. The number of alkyl halides is 3. The third-order valence-electron chi connectivity index (χ3n) is 3.46. The SMILES string of the molecule is COC(=O)Cc1nc(-c2ccc(S(=O)(=O)CCCC(F)(F)F)cc2)cs1. The molecular weight excluding hydrogens is 391 g/mol. The average Bonchev–Trinajstić information content (AvgIpc) is 3.02. The van der Waals surface area contributed by atoms with Gasteiger partial charge in [-0.15, -0.1) is 11.3 Å². The van der Waals surface area contributed by atoms with E-state index in [9.17, 15) is 26.4 Å². The number of rotatable bonds is 7. The van der Waals surface area contributed by atoms with Crippen molar-refractivity contribution >= 4 is 27.1 Å². The monoisotopic (exact) mass is 407 g/mol. The Hall–Kier alpha value is -1.94. The van der Waals surface area contributed by atoms with Gasteiger partial charge in [0.15, 0.2) is 9.84 Å². The van der Waals surface area contributed by atoms with E-state index in [1.54, 1.807) is 5.38 Å². The zero-order valence-corrected chi connectivity index (χ0v) is 15.4. The van der Waals surface area contributed by atoms with Crippen LogP contribution < -0.4 is 0 Å². The van der Waals surface area contributed by atoms with Gasteiger partial charge in [0.05, 0.1) is 29.9 Å². The van der Waals surface area contributed by atoms with E-state index in [-0.39, 0.29) is 11.3 Å². The first kappa shape index (κ1) is 20.4. The summed E-state index contributed by atoms with van der Waals surface area (Å²) in [5.74, 6) is -0.975. The Morgan fingerprint density at radius 3 is 2.46 bits per heavy atom. The fourth-order valence-electron chi connectivity index (χ4n) is 2.13. The molecule has 1 aromatic heterocycles. The minimum Gasteiger partial charge on any atom is -0.469 e. The molecule has 2 rings (SSSR count). The normalized spacial score (nSPS) is 12.2. The highest BCUT2D eigenvalue weighted by atomic mass is 32.2. The molecule has 0 aliphatic heterocycles. The predicted molar refractivity (Wildman–Crippen MR) is 90.6 cm³/mol. The molecule has 0 fully saturated rings. The number of ether oxygens (including phenoxy) is 1. The van der Waals surface area contributed by atoms with Crippen LogP contribution in [0.15, 0.2) is 34.5 Å². The highest BCUT2D eigenvalue weighted by molar-refractivity contribution is 7.91. The summed E-state index contributed by atoms with van der Waals surface area (Å²) >= 11 is 1.27. The molecular formula is C16H16F3NO4S2. The van der Waals surface area contributed by atoms with Crippen molar-refractivity contribution in [2.45, 2.75) is 30.3 Å². The summed E-state index contributed by atoms with van der Waals surface area (Å²) in [4.78, 5) is 15.5. The first-order chi connectivity index (χ1) is 12.1. The van der Waals surface area contributed by atoms with Crippen LogP contribution in [0.3, 0.4) is 0 Å². The summed E-state index contributed by atoms with van der Waals surface area (Å²) < 4.78 is 65.2. The van der Waals surface area contributed by atoms with E-state index in [1.807, 2.05) is 0 Å². The second kappa shape index (κ2) is 8.17. The number of sulfone groups is 1. The molecule has 1 heterocycles. The maximum atomic E-state index is 12.1. The molecule has 0 saturated heterocycles. The lowest BCUT2D eigenvalue weighted by molar-refractivity contribution is -0.139. The zero-order chi connectivity index (χ0) is 19.4. The fourth-order valence-corrected chi connectivity index (χ4v) is 4.23. The predicted octanol–water partition coefficient (Wildman–Crippen LogP) is 3.64. The summed E-state index contributed by atoms with van der Waals surface area (Å²) in [5.41, 5.74) is 1.22. The standard InChI is InChI=1S/C16H16F3NO4S2/c1-24-15(21)9-14-20-13(10-25-14)11-3-5-12(6-4-11)26(22,23)8-2-7-16(17,18)19/h3-6,10H,2,7-9H2,1H3. The van der Waals surface area contributed by atoms with E-state index in [4.69, 9.17) is 0 Å². The van der Waals surface area contributed by atoms with E-state index < -0.39 is 40.6 Å². The number of benzene rings is 1. The number of nitrogens with zero attached hydrogens (tertiary/aromatic N) is 1. The lowest BCUT2D eigenvalue weighted by atomic mass is 10.2. The molecule has 0 amide bonds. The van der Waals surface area contributed by atoms with Crippen molar-refractivity contribution < 1.29 is 31.1 Å². The highest BCUT2D eigenvalue weighted by Crippen LogP contribution is 2.26. The summed E-state index contributed by atoms with van der Waals surface area (Å²) in [7, 11) is -2.49. The fraction of sp³-hybridized carbons (Fsp3) is 0.375. The molecule has 26 heavy (non-hydrogen) atoms. The molecule has 0 aliphatic rings. The maximum Gasteiger partial charge on any atom is 0.389 e. The Morgan fingerprint density at radius 1 is 1.23 bits per heavy atom. The zero-order valence-electron chi connectivity index (χ0n) is 13.7. The van der Waals surface area contributed by atoms with Gasteiger partial charge < -0.3 is 4.74 Å². The minimum atomic E-state index is -4.37. The van der Waals surface area contributed by atoms with Crippen molar-refractivity contribution in [1.82, 2.24) is 4.98 Å². The Morgan fingerprint density at radius 2 is 1.88 bits per heavy atom. The Bertz CT molecular complexity index is 858. The van der Waals surface area contributed by atoms with Crippen molar-refractivity contribution in [3.8, 4) is 11.3 Å². The summed E-state index contributed by atoms with van der Waals surface area (Å²) in [6.07, 6.45) is -5.93. The lowest BCUT2D eigenvalue weighted by Crippen LogP contribution is -2.12. The van der Waals surface area contributed by atoms with Crippen LogP contribution in [0.5, 0.6) is 0 Å². The lowest BCUT2D eigenvalue weighted by Gasteiger charge is -2.07. The molecule has 0 unspecified atom stereocenters. The number of esters is 1. The number of carbonyl (C=O) groups excluding carboxylic acids is 1. The van der Waals surface area contributed by atoms with Gasteiger partial charge in [-0.3, -0.25) is 4.79 Å². The smallest absolute Gasteiger partial charge is 0.389 e. The van der Waals surface area contributed by atoms with Gasteiger partial charge in [-0.05, 0) is 18.6 Å². The number of hydrogen-bond acceptors (Lipinski definition) is 6. The molecule has 10 heteroatoms. The van der Waals surface area contributed by atoms with Crippen LogP contribution in [0.2, 0.25) is 0 Å². The molecule has 2 aromatic rings. The van der Waals surface area contributed by atoms with Gasteiger partial charge in [-0.2, -0.15) is 13.2 Å². The van der Waals surface area contributed by atoms with Crippen LogP contribution in [0.4, 0.5) is 13.2 Å². The second-order valence-corrected chi connectivity index (χ2v) is 8.49. The molecule has 0 radical (unpaired) electrons. The summed E-state index contributed by atoms with van der Waals surface area (Å²) in [6, 6.07) is 5.76. The van der Waals surface area contributed by atoms with Gasteiger partial charge in [0.2, 0.25) is 0 Å². The van der Waals surface area contributed by atoms with Gasteiger partial charge in [-0.25, -0.2) is 13.4 Å². The van der Waals surface area contributed by atoms with Gasteiger partial charge >= 0.3 is 12.1 Å². The van der Waals surface area contributed by atoms with Gasteiger partial charge in [-0.1, -0.05) is 12.1 Å². The number of hydrogen-bond donors (Lipinski definition) is 0. The van der Waals surface area contributed by atoms with Crippen molar-refractivity contribution in [2.75, 3.05) is 12.9 Å². The van der Waals surface area contributed by atoms with Crippen LogP contribution >= 0.6 is 11.3 Å². The largest absolute Gasteiger partial charge is 0.469 e. The van der Waals surface area contributed by atoms with Crippen LogP contribution in [0.1, 0.15) is 17.8 Å². The van der Waals surface area contributed by atoms with Crippen LogP contribution in [0, 0.1) is 0 Å². The van der Waals surface area contributed by atoms with E-state index in [0.717, 1.165) is 0 Å². The van der Waals surface area contributed by atoms with Crippen molar-refractivity contribution in [3.05, 3.63) is 34.7 Å². The number of thiazole rings is 1. The van der Waals surface area contributed by atoms with E-state index in [1.165, 1.54) is 42.7 Å². The van der Waals surface area contributed by atoms with Crippen molar-refractivity contribution in [3.63, 3.8) is 0 Å². The van der Waals surface area contributed by atoms with Gasteiger partial charge in [0.1, 0.15) is 5.01 Å². The third kappa shape index (κ3) is 5.80. The molecule has 1 aromatic carbocycles. The minimum absolute atomic E-state index is 0.0339. The molecule has 0 aliphatic carbocycles. The number of carbonyl (C=O) groups is 1.